The summed E-state index contributed by atoms with van der Waals surface area (Å²) in [6.45, 7) is 0.668. The number of rotatable bonds is 2. The van der Waals surface area contributed by atoms with Crippen molar-refractivity contribution in [3.05, 3.63) is 72.2 Å². The van der Waals surface area contributed by atoms with Crippen LogP contribution < -0.4 is 0 Å². The number of aromatic nitrogens is 1. The molecule has 17 heavy (non-hydrogen) atoms. The molecule has 1 heterocycles. The zero-order valence-corrected chi connectivity index (χ0v) is 9.23. The van der Waals surface area contributed by atoms with Crippen LogP contribution in [0, 0.1) is 11.9 Å². The van der Waals surface area contributed by atoms with E-state index in [9.17, 15) is 4.39 Å². The molecule has 0 bridgehead atoms. The number of fused-ring (bicyclic) bond motifs is 1. The predicted molar refractivity (Wildman–Crippen MR) is 66.3 cm³/mol. The molecular weight excluding hydrogens is 213 g/mol. The first kappa shape index (κ1) is 10.1. The Labute approximate surface area is 99.1 Å². The van der Waals surface area contributed by atoms with Gasteiger partial charge < -0.3 is 4.57 Å². The van der Waals surface area contributed by atoms with Crippen molar-refractivity contribution < 1.29 is 4.39 Å². The van der Waals surface area contributed by atoms with E-state index in [0.717, 1.165) is 16.5 Å². The van der Waals surface area contributed by atoms with E-state index in [4.69, 9.17) is 0 Å². The van der Waals surface area contributed by atoms with E-state index in [1.165, 1.54) is 6.07 Å². The molecule has 0 unspecified atom stereocenters. The minimum absolute atomic E-state index is 0.192. The van der Waals surface area contributed by atoms with Crippen molar-refractivity contribution in [3.8, 4) is 0 Å². The zero-order chi connectivity index (χ0) is 11.7. The highest BCUT2D eigenvalue weighted by atomic mass is 19.1. The van der Waals surface area contributed by atoms with Crippen LogP contribution >= 0.6 is 0 Å². The first-order valence-corrected chi connectivity index (χ1v) is 5.53. The molecule has 1 nitrogen and oxygen atoms in total. The van der Waals surface area contributed by atoms with Gasteiger partial charge in [0, 0.05) is 29.7 Å². The lowest BCUT2D eigenvalue weighted by molar-refractivity contribution is 0.624. The van der Waals surface area contributed by atoms with Gasteiger partial charge in [-0.1, -0.05) is 30.3 Å². The molecule has 0 N–H and O–H groups in total. The van der Waals surface area contributed by atoms with Crippen LogP contribution in [0.3, 0.4) is 0 Å². The van der Waals surface area contributed by atoms with Crippen molar-refractivity contribution in [2.45, 2.75) is 6.54 Å². The van der Waals surface area contributed by atoms with Gasteiger partial charge in [-0.05, 0) is 23.8 Å². The van der Waals surface area contributed by atoms with Crippen LogP contribution in [0.15, 0.2) is 54.7 Å². The smallest absolute Gasteiger partial charge is 0.123 e. The summed E-state index contributed by atoms with van der Waals surface area (Å²) in [5.41, 5.74) is 2.08. The first-order valence-electron chi connectivity index (χ1n) is 5.53. The van der Waals surface area contributed by atoms with Crippen molar-refractivity contribution in [1.82, 2.24) is 4.57 Å². The molecule has 0 spiro atoms. The lowest BCUT2D eigenvalue weighted by Crippen LogP contribution is -1.97. The summed E-state index contributed by atoms with van der Waals surface area (Å²) in [6, 6.07) is 17.9. The first-order chi connectivity index (χ1) is 8.33. The summed E-state index contributed by atoms with van der Waals surface area (Å²) in [7, 11) is 0. The van der Waals surface area contributed by atoms with Gasteiger partial charge in [-0.3, -0.25) is 0 Å². The minimum Gasteiger partial charge on any atom is -0.342 e. The third kappa shape index (κ3) is 1.94. The van der Waals surface area contributed by atoms with Crippen LogP contribution in [-0.2, 0) is 6.54 Å². The quantitative estimate of drug-likeness (QED) is 0.626. The van der Waals surface area contributed by atoms with Gasteiger partial charge >= 0.3 is 0 Å². The fraction of sp³-hybridized carbons (Fsp3) is 0.0667. The van der Waals surface area contributed by atoms with Crippen LogP contribution in [0.5, 0.6) is 0 Å². The van der Waals surface area contributed by atoms with E-state index in [1.54, 1.807) is 12.1 Å². The molecule has 2 heteroatoms. The molecule has 0 atom stereocenters. The maximum atomic E-state index is 13.1. The molecule has 3 rings (SSSR count). The van der Waals surface area contributed by atoms with E-state index < -0.39 is 0 Å². The van der Waals surface area contributed by atoms with Crippen LogP contribution in [0.25, 0.3) is 10.9 Å². The Hall–Kier alpha value is -2.09. The van der Waals surface area contributed by atoms with Crippen LogP contribution in [0.1, 0.15) is 5.56 Å². The van der Waals surface area contributed by atoms with Gasteiger partial charge in [0.2, 0.25) is 0 Å². The Kier molecular flexibility index (Phi) is 2.41. The number of hydrogen-bond acceptors (Lipinski definition) is 0. The van der Waals surface area contributed by atoms with Gasteiger partial charge in [0.15, 0.2) is 0 Å². The van der Waals surface area contributed by atoms with Gasteiger partial charge in [-0.15, -0.1) is 0 Å². The summed E-state index contributed by atoms with van der Waals surface area (Å²) in [4.78, 5) is 0. The van der Waals surface area contributed by atoms with Crippen molar-refractivity contribution in [2.75, 3.05) is 0 Å². The Morgan fingerprint density at radius 1 is 1.06 bits per heavy atom. The Bertz CT molecular complexity index is 655. The molecule has 1 aromatic heterocycles. The van der Waals surface area contributed by atoms with Crippen molar-refractivity contribution in [3.63, 3.8) is 0 Å². The number of nitrogens with zero attached hydrogens (tertiary/aromatic N) is 1. The maximum Gasteiger partial charge on any atom is 0.123 e. The molecule has 0 fully saturated rings. The average molecular weight is 224 g/mol. The van der Waals surface area contributed by atoms with Crippen molar-refractivity contribution >= 4 is 10.9 Å². The summed E-state index contributed by atoms with van der Waals surface area (Å²) < 4.78 is 15.2. The Morgan fingerprint density at radius 3 is 2.82 bits per heavy atom. The van der Waals surface area contributed by atoms with E-state index in [2.05, 4.69) is 10.6 Å². The maximum absolute atomic E-state index is 13.1. The van der Waals surface area contributed by atoms with Crippen molar-refractivity contribution in [2.24, 2.45) is 0 Å². The third-order valence-corrected chi connectivity index (χ3v) is 2.83. The third-order valence-electron chi connectivity index (χ3n) is 2.83. The monoisotopic (exact) mass is 224 g/mol. The molecular formula is C15H11FN. The zero-order valence-electron chi connectivity index (χ0n) is 9.23. The average Bonchev–Trinajstić information content (AvgIpc) is 2.73. The van der Waals surface area contributed by atoms with Crippen LogP contribution in [-0.4, -0.2) is 4.57 Å². The van der Waals surface area contributed by atoms with Crippen molar-refractivity contribution in [1.29, 1.82) is 0 Å². The lowest BCUT2D eigenvalue weighted by Gasteiger charge is -2.05. The minimum atomic E-state index is -0.192. The number of para-hydroxylation sites is 1. The standard InChI is InChI=1S/C15H11FN/c16-14-6-3-4-12(10-14)11-17-9-8-13-5-1-2-7-15(13)17/h1-7,9-10H,11H2. The number of benzene rings is 2. The molecule has 0 saturated heterocycles. The molecule has 0 saturated carbocycles. The van der Waals surface area contributed by atoms with Crippen LogP contribution in [0.4, 0.5) is 4.39 Å². The van der Waals surface area contributed by atoms with E-state index >= 15 is 0 Å². The highest BCUT2D eigenvalue weighted by molar-refractivity contribution is 5.79. The van der Waals surface area contributed by atoms with E-state index in [1.807, 2.05) is 36.5 Å². The SMILES string of the molecule is Fc1cccc(Cn2c[c]c3ccccc32)c1. The molecule has 0 aliphatic carbocycles. The fourth-order valence-corrected chi connectivity index (χ4v) is 2.03. The van der Waals surface area contributed by atoms with E-state index in [-0.39, 0.29) is 5.82 Å². The largest absolute Gasteiger partial charge is 0.342 e. The molecule has 0 amide bonds. The second-order valence-corrected chi connectivity index (χ2v) is 4.05. The van der Waals surface area contributed by atoms with Gasteiger partial charge in [-0.2, -0.15) is 0 Å². The second kappa shape index (κ2) is 4.06. The Balaban J connectivity index is 2.00. The molecule has 2 aromatic carbocycles. The summed E-state index contributed by atoms with van der Waals surface area (Å²) in [6.07, 6.45) is 1.91. The molecule has 1 radical (unpaired) electrons. The lowest BCUT2D eigenvalue weighted by atomic mass is 10.2. The Morgan fingerprint density at radius 2 is 1.94 bits per heavy atom. The van der Waals surface area contributed by atoms with Gasteiger partial charge in [0.1, 0.15) is 5.82 Å². The highest BCUT2D eigenvalue weighted by Gasteiger charge is 2.01. The fourth-order valence-electron chi connectivity index (χ4n) is 2.03. The normalized spacial score (nSPS) is 10.9. The summed E-state index contributed by atoms with van der Waals surface area (Å²) in [5.74, 6) is -0.192. The van der Waals surface area contributed by atoms with Gasteiger partial charge in [-0.25, -0.2) is 4.39 Å². The number of hydrogen-bond donors (Lipinski definition) is 0. The molecule has 0 aliphatic heterocycles. The topological polar surface area (TPSA) is 4.93 Å². The molecule has 3 aromatic rings. The second-order valence-electron chi connectivity index (χ2n) is 4.05. The summed E-state index contributed by atoms with van der Waals surface area (Å²) in [5, 5.41) is 1.09. The van der Waals surface area contributed by atoms with Gasteiger partial charge in [0.25, 0.3) is 0 Å². The van der Waals surface area contributed by atoms with Crippen LogP contribution in [0.2, 0.25) is 0 Å². The summed E-state index contributed by atoms with van der Waals surface area (Å²) >= 11 is 0. The highest BCUT2D eigenvalue weighted by Crippen LogP contribution is 2.16. The molecule has 0 aliphatic rings. The molecule has 83 valence electrons. The van der Waals surface area contributed by atoms with E-state index in [0.29, 0.717) is 6.54 Å². The predicted octanol–water partition coefficient (Wildman–Crippen LogP) is 3.63. The van der Waals surface area contributed by atoms with Gasteiger partial charge in [0.05, 0.1) is 0 Å². The number of halogens is 1.